The quantitative estimate of drug-likeness (QED) is 0.371. The molecule has 2 N–H and O–H groups in total. The van der Waals surface area contributed by atoms with Crippen LogP contribution >= 0.6 is 15.9 Å². The number of rotatable bonds is 11. The molecule has 0 aliphatic heterocycles. The number of carbonyl (C=O) groups excluding carboxylic acids is 2. The lowest BCUT2D eigenvalue weighted by Gasteiger charge is -2.10. The number of methoxy groups -OCH3 is 2. The van der Waals surface area contributed by atoms with Crippen LogP contribution < -0.4 is 25.0 Å². The van der Waals surface area contributed by atoms with Crippen LogP contribution in [0.15, 0.2) is 52.0 Å². The highest BCUT2D eigenvalue weighted by Gasteiger charge is 2.07. The third-order valence-electron chi connectivity index (χ3n) is 4.16. The molecule has 0 aliphatic carbocycles. The number of hydrogen-bond donors (Lipinski definition) is 2. The van der Waals surface area contributed by atoms with Gasteiger partial charge in [0.25, 0.3) is 5.91 Å². The van der Waals surface area contributed by atoms with Crippen LogP contribution in [0.3, 0.4) is 0 Å². The summed E-state index contributed by atoms with van der Waals surface area (Å²) >= 11 is 3.33. The smallest absolute Gasteiger partial charge is 0.277 e. The van der Waals surface area contributed by atoms with E-state index in [1.165, 1.54) is 0 Å². The highest BCUT2D eigenvalue weighted by molar-refractivity contribution is 9.10. The normalized spacial score (nSPS) is 10.9. The zero-order valence-corrected chi connectivity index (χ0v) is 19.3. The van der Waals surface area contributed by atoms with Crippen LogP contribution in [-0.4, -0.2) is 44.9 Å². The summed E-state index contributed by atoms with van der Waals surface area (Å²) in [6, 6.07) is 12.8. The summed E-state index contributed by atoms with van der Waals surface area (Å²) in [7, 11) is 3.16. The second-order valence-electron chi connectivity index (χ2n) is 6.59. The van der Waals surface area contributed by atoms with E-state index >= 15 is 0 Å². The van der Waals surface area contributed by atoms with E-state index in [4.69, 9.17) is 14.2 Å². The second kappa shape index (κ2) is 12.6. The van der Waals surface area contributed by atoms with Crippen molar-refractivity contribution in [2.45, 2.75) is 19.8 Å². The molecule has 166 valence electrons. The Morgan fingerprint density at radius 3 is 2.39 bits per heavy atom. The molecule has 0 aromatic heterocycles. The number of amides is 2. The molecule has 2 aromatic rings. The molecular weight excluding hydrogens is 466 g/mol. The summed E-state index contributed by atoms with van der Waals surface area (Å²) < 4.78 is 16.8. The molecule has 0 saturated carbocycles. The van der Waals surface area contributed by atoms with E-state index < -0.39 is 5.91 Å². The molecule has 31 heavy (non-hydrogen) atoms. The van der Waals surface area contributed by atoms with E-state index in [2.05, 4.69) is 31.8 Å². The fourth-order valence-corrected chi connectivity index (χ4v) is 2.85. The van der Waals surface area contributed by atoms with Gasteiger partial charge < -0.3 is 19.5 Å². The highest BCUT2D eigenvalue weighted by Crippen LogP contribution is 2.27. The van der Waals surface area contributed by atoms with Crippen molar-refractivity contribution < 1.29 is 23.8 Å². The SMILES string of the molecule is COc1ccc(CCNC(=O)C/C(C)=N\NC(=O)COc2ccc(Br)cc2)cc1OC. The average Bonchev–Trinajstić information content (AvgIpc) is 2.77. The predicted octanol–water partition coefficient (Wildman–Crippen LogP) is 3.09. The Morgan fingerprint density at radius 1 is 1.00 bits per heavy atom. The third kappa shape index (κ3) is 8.67. The summed E-state index contributed by atoms with van der Waals surface area (Å²) in [4.78, 5) is 23.9. The molecule has 0 heterocycles. The zero-order chi connectivity index (χ0) is 22.6. The molecule has 0 spiro atoms. The van der Waals surface area contributed by atoms with E-state index in [0.29, 0.717) is 35.9 Å². The third-order valence-corrected chi connectivity index (χ3v) is 4.68. The Bertz CT molecular complexity index is 916. The summed E-state index contributed by atoms with van der Waals surface area (Å²) in [5, 5.41) is 6.77. The number of nitrogens with one attached hydrogen (secondary N) is 2. The Labute approximate surface area is 190 Å². The number of hydrazone groups is 1. The Morgan fingerprint density at radius 2 is 1.71 bits per heavy atom. The molecule has 0 saturated heterocycles. The number of benzene rings is 2. The molecule has 0 bridgehead atoms. The first-order valence-electron chi connectivity index (χ1n) is 9.59. The minimum Gasteiger partial charge on any atom is -0.493 e. The zero-order valence-electron chi connectivity index (χ0n) is 17.7. The van der Waals surface area contributed by atoms with Gasteiger partial charge in [0, 0.05) is 16.7 Å². The van der Waals surface area contributed by atoms with Crippen molar-refractivity contribution in [1.29, 1.82) is 0 Å². The number of halogens is 1. The van der Waals surface area contributed by atoms with Gasteiger partial charge in [-0.15, -0.1) is 0 Å². The first-order chi connectivity index (χ1) is 14.9. The Hall–Kier alpha value is -3.07. The predicted molar refractivity (Wildman–Crippen MR) is 122 cm³/mol. The van der Waals surface area contributed by atoms with Crippen molar-refractivity contribution in [3.05, 3.63) is 52.5 Å². The standard InChI is InChI=1S/C22H26BrN3O5/c1-15(25-26-22(28)14-31-18-7-5-17(23)6-8-18)12-21(27)24-11-10-16-4-9-19(29-2)20(13-16)30-3/h4-9,13H,10-12,14H2,1-3H3,(H,24,27)(H,26,28)/b25-15-. The summed E-state index contributed by atoms with van der Waals surface area (Å²) in [6.45, 7) is 1.97. The van der Waals surface area contributed by atoms with Crippen molar-refractivity contribution >= 4 is 33.5 Å². The van der Waals surface area contributed by atoms with Crippen molar-refractivity contribution in [2.75, 3.05) is 27.4 Å². The van der Waals surface area contributed by atoms with Gasteiger partial charge in [0.2, 0.25) is 5.91 Å². The second-order valence-corrected chi connectivity index (χ2v) is 7.51. The van der Waals surface area contributed by atoms with Gasteiger partial charge in [0.1, 0.15) is 5.75 Å². The number of ether oxygens (including phenoxy) is 3. The molecule has 9 heteroatoms. The van der Waals surface area contributed by atoms with Crippen LogP contribution in [0, 0.1) is 0 Å². The maximum Gasteiger partial charge on any atom is 0.277 e. The topological polar surface area (TPSA) is 98.2 Å². The van der Waals surface area contributed by atoms with Gasteiger partial charge in [-0.25, -0.2) is 5.43 Å². The summed E-state index contributed by atoms with van der Waals surface area (Å²) in [5.41, 5.74) is 3.89. The average molecular weight is 492 g/mol. The minimum atomic E-state index is -0.406. The summed E-state index contributed by atoms with van der Waals surface area (Å²) in [6.07, 6.45) is 0.728. The minimum absolute atomic E-state index is 0.0831. The maximum absolute atomic E-state index is 12.1. The van der Waals surface area contributed by atoms with Crippen LogP contribution in [0.4, 0.5) is 0 Å². The van der Waals surface area contributed by atoms with Gasteiger partial charge in [-0.1, -0.05) is 22.0 Å². The lowest BCUT2D eigenvalue weighted by Crippen LogP contribution is -2.29. The summed E-state index contributed by atoms with van der Waals surface area (Å²) in [5.74, 6) is 1.30. The Kier molecular flexibility index (Phi) is 9.83. The van der Waals surface area contributed by atoms with Crippen LogP contribution in [0.1, 0.15) is 18.9 Å². The van der Waals surface area contributed by atoms with Gasteiger partial charge in [-0.3, -0.25) is 9.59 Å². The van der Waals surface area contributed by atoms with Crippen LogP contribution in [0.25, 0.3) is 0 Å². The van der Waals surface area contributed by atoms with Gasteiger partial charge in [-0.05, 0) is 55.3 Å². The van der Waals surface area contributed by atoms with Gasteiger partial charge in [0.05, 0.1) is 20.6 Å². The van der Waals surface area contributed by atoms with E-state index in [1.54, 1.807) is 33.3 Å². The monoisotopic (exact) mass is 491 g/mol. The van der Waals surface area contributed by atoms with E-state index in [9.17, 15) is 9.59 Å². The molecule has 8 nitrogen and oxygen atoms in total. The highest BCUT2D eigenvalue weighted by atomic mass is 79.9. The van der Waals surface area contributed by atoms with Gasteiger partial charge in [0.15, 0.2) is 18.1 Å². The van der Waals surface area contributed by atoms with Gasteiger partial charge in [-0.2, -0.15) is 5.10 Å². The van der Waals surface area contributed by atoms with E-state index in [0.717, 1.165) is 10.0 Å². The molecule has 2 rings (SSSR count). The van der Waals surface area contributed by atoms with E-state index in [1.807, 2.05) is 30.3 Å². The molecule has 0 radical (unpaired) electrons. The number of hydrogen-bond acceptors (Lipinski definition) is 6. The fraction of sp³-hybridized carbons (Fsp3) is 0.318. The molecule has 0 fully saturated rings. The van der Waals surface area contributed by atoms with Gasteiger partial charge >= 0.3 is 0 Å². The van der Waals surface area contributed by atoms with Crippen LogP contribution in [0.5, 0.6) is 17.2 Å². The molecule has 2 amide bonds. The molecule has 0 unspecified atom stereocenters. The molecular formula is C22H26BrN3O5. The van der Waals surface area contributed by atoms with Crippen molar-refractivity contribution in [3.8, 4) is 17.2 Å². The number of carbonyl (C=O) groups is 2. The lowest BCUT2D eigenvalue weighted by molar-refractivity contribution is -0.123. The first-order valence-corrected chi connectivity index (χ1v) is 10.4. The lowest BCUT2D eigenvalue weighted by atomic mass is 10.1. The Balaban J connectivity index is 1.69. The van der Waals surface area contributed by atoms with E-state index in [-0.39, 0.29) is 18.9 Å². The van der Waals surface area contributed by atoms with Crippen molar-refractivity contribution in [2.24, 2.45) is 5.10 Å². The van der Waals surface area contributed by atoms with Crippen LogP contribution in [-0.2, 0) is 16.0 Å². The fourth-order valence-electron chi connectivity index (χ4n) is 2.59. The van der Waals surface area contributed by atoms with Crippen LogP contribution in [0.2, 0.25) is 0 Å². The van der Waals surface area contributed by atoms with Crippen molar-refractivity contribution in [1.82, 2.24) is 10.7 Å². The van der Waals surface area contributed by atoms with Crippen molar-refractivity contribution in [3.63, 3.8) is 0 Å². The molecule has 0 aliphatic rings. The number of nitrogens with zero attached hydrogens (tertiary/aromatic N) is 1. The largest absolute Gasteiger partial charge is 0.493 e. The maximum atomic E-state index is 12.1. The molecule has 2 aromatic carbocycles. The molecule has 0 atom stereocenters. The first kappa shape index (κ1) is 24.2.